The third-order valence-corrected chi connectivity index (χ3v) is 4.32. The van der Waals surface area contributed by atoms with E-state index in [2.05, 4.69) is 12.2 Å². The molecule has 1 N–H and O–H groups in total. The van der Waals surface area contributed by atoms with Crippen molar-refractivity contribution in [1.82, 2.24) is 10.2 Å². The SMILES string of the molecule is CCCN(CC1CCCN1)C(=O)c1ccc2c(c1)CCO2. The number of amides is 1. The van der Waals surface area contributed by atoms with Crippen LogP contribution in [0.25, 0.3) is 0 Å². The van der Waals surface area contributed by atoms with Gasteiger partial charge in [-0.15, -0.1) is 0 Å². The number of ether oxygens (including phenoxy) is 1. The first kappa shape index (κ1) is 14.4. The molecule has 0 spiro atoms. The highest BCUT2D eigenvalue weighted by Crippen LogP contribution is 2.26. The molecule has 1 saturated heterocycles. The third kappa shape index (κ3) is 3.21. The van der Waals surface area contributed by atoms with E-state index in [4.69, 9.17) is 4.74 Å². The first-order valence-corrected chi connectivity index (χ1v) is 8.06. The van der Waals surface area contributed by atoms with Gasteiger partial charge in [0, 0.05) is 31.1 Å². The molecule has 0 aliphatic carbocycles. The molecular formula is C17H24N2O2. The Morgan fingerprint density at radius 1 is 1.48 bits per heavy atom. The molecule has 1 atom stereocenters. The Balaban J connectivity index is 1.73. The Kier molecular flexibility index (Phi) is 4.44. The largest absolute Gasteiger partial charge is 0.493 e. The van der Waals surface area contributed by atoms with Gasteiger partial charge in [0.2, 0.25) is 0 Å². The van der Waals surface area contributed by atoms with Gasteiger partial charge < -0.3 is 15.0 Å². The fourth-order valence-electron chi connectivity index (χ4n) is 3.23. The minimum Gasteiger partial charge on any atom is -0.493 e. The van der Waals surface area contributed by atoms with Crippen LogP contribution < -0.4 is 10.1 Å². The van der Waals surface area contributed by atoms with Crippen LogP contribution in [0.2, 0.25) is 0 Å². The minimum absolute atomic E-state index is 0.153. The molecule has 1 aromatic rings. The highest BCUT2D eigenvalue weighted by atomic mass is 16.5. The van der Waals surface area contributed by atoms with Gasteiger partial charge in [-0.2, -0.15) is 0 Å². The topological polar surface area (TPSA) is 41.6 Å². The Morgan fingerprint density at radius 2 is 2.38 bits per heavy atom. The summed E-state index contributed by atoms with van der Waals surface area (Å²) in [5.41, 5.74) is 1.96. The summed E-state index contributed by atoms with van der Waals surface area (Å²) in [5, 5.41) is 3.48. The monoisotopic (exact) mass is 288 g/mol. The molecule has 114 valence electrons. The number of carbonyl (C=O) groups excluding carboxylic acids is 1. The van der Waals surface area contributed by atoms with Crippen LogP contribution in [0, 0.1) is 0 Å². The lowest BCUT2D eigenvalue weighted by Crippen LogP contribution is -2.41. The summed E-state index contributed by atoms with van der Waals surface area (Å²) >= 11 is 0. The second kappa shape index (κ2) is 6.48. The zero-order valence-electron chi connectivity index (χ0n) is 12.7. The second-order valence-corrected chi connectivity index (χ2v) is 5.97. The van der Waals surface area contributed by atoms with Crippen LogP contribution in [-0.2, 0) is 6.42 Å². The fraction of sp³-hybridized carbons (Fsp3) is 0.588. The molecule has 2 aliphatic heterocycles. The van der Waals surface area contributed by atoms with Crippen LogP contribution >= 0.6 is 0 Å². The summed E-state index contributed by atoms with van der Waals surface area (Å²) < 4.78 is 5.51. The number of fused-ring (bicyclic) bond motifs is 1. The van der Waals surface area contributed by atoms with Gasteiger partial charge in [-0.3, -0.25) is 4.79 Å². The number of nitrogens with one attached hydrogen (secondary N) is 1. The normalized spacial score (nSPS) is 20.1. The molecule has 0 bridgehead atoms. The molecule has 4 nitrogen and oxygen atoms in total. The van der Waals surface area contributed by atoms with E-state index in [0.717, 1.165) is 56.0 Å². The minimum atomic E-state index is 0.153. The highest BCUT2D eigenvalue weighted by molar-refractivity contribution is 5.94. The summed E-state index contributed by atoms with van der Waals surface area (Å²) in [6, 6.07) is 6.30. The standard InChI is InChI=1S/C17H24N2O2/c1-2-9-19(12-15-4-3-8-18-15)17(20)14-5-6-16-13(11-14)7-10-21-16/h5-6,11,15,18H,2-4,7-10,12H2,1H3. The summed E-state index contributed by atoms with van der Waals surface area (Å²) in [7, 11) is 0. The number of benzene rings is 1. The molecule has 0 radical (unpaired) electrons. The molecule has 1 aromatic carbocycles. The quantitative estimate of drug-likeness (QED) is 0.903. The van der Waals surface area contributed by atoms with E-state index in [1.165, 1.54) is 12.8 Å². The van der Waals surface area contributed by atoms with Crippen LogP contribution in [-0.4, -0.2) is 43.1 Å². The van der Waals surface area contributed by atoms with Crippen molar-refractivity contribution in [2.75, 3.05) is 26.2 Å². The molecule has 0 saturated carbocycles. The van der Waals surface area contributed by atoms with Crippen LogP contribution in [0.3, 0.4) is 0 Å². The van der Waals surface area contributed by atoms with E-state index in [1.54, 1.807) is 0 Å². The highest BCUT2D eigenvalue weighted by Gasteiger charge is 2.23. The van der Waals surface area contributed by atoms with Crippen molar-refractivity contribution in [1.29, 1.82) is 0 Å². The molecule has 2 aliphatic rings. The van der Waals surface area contributed by atoms with Crippen molar-refractivity contribution >= 4 is 5.91 Å². The molecular weight excluding hydrogens is 264 g/mol. The summed E-state index contributed by atoms with van der Waals surface area (Å²) in [6.07, 6.45) is 4.29. The Hall–Kier alpha value is -1.55. The molecule has 1 amide bonds. The maximum absolute atomic E-state index is 12.8. The van der Waals surface area contributed by atoms with Gasteiger partial charge in [-0.05, 0) is 49.6 Å². The zero-order valence-corrected chi connectivity index (χ0v) is 12.7. The number of rotatable bonds is 5. The van der Waals surface area contributed by atoms with Crippen molar-refractivity contribution in [3.63, 3.8) is 0 Å². The predicted octanol–water partition coefficient (Wildman–Crippen LogP) is 2.23. The van der Waals surface area contributed by atoms with Crippen molar-refractivity contribution in [3.05, 3.63) is 29.3 Å². The lowest BCUT2D eigenvalue weighted by atomic mass is 10.1. The maximum Gasteiger partial charge on any atom is 0.253 e. The van der Waals surface area contributed by atoms with Crippen molar-refractivity contribution < 1.29 is 9.53 Å². The molecule has 1 fully saturated rings. The predicted molar refractivity (Wildman–Crippen MR) is 82.9 cm³/mol. The van der Waals surface area contributed by atoms with Crippen molar-refractivity contribution in [2.45, 2.75) is 38.6 Å². The number of nitrogens with zero attached hydrogens (tertiary/aromatic N) is 1. The van der Waals surface area contributed by atoms with E-state index in [0.29, 0.717) is 6.04 Å². The Labute approximate surface area is 126 Å². The second-order valence-electron chi connectivity index (χ2n) is 5.97. The van der Waals surface area contributed by atoms with Crippen LogP contribution in [0.4, 0.5) is 0 Å². The van der Waals surface area contributed by atoms with Gasteiger partial charge in [0.25, 0.3) is 5.91 Å². The first-order valence-electron chi connectivity index (χ1n) is 8.06. The average molecular weight is 288 g/mol. The lowest BCUT2D eigenvalue weighted by Gasteiger charge is -2.25. The third-order valence-electron chi connectivity index (χ3n) is 4.32. The first-order chi connectivity index (χ1) is 10.3. The van der Waals surface area contributed by atoms with Gasteiger partial charge in [0.15, 0.2) is 0 Å². The molecule has 0 aromatic heterocycles. The summed E-state index contributed by atoms with van der Waals surface area (Å²) in [6.45, 7) is 5.58. The molecule has 2 heterocycles. The number of carbonyl (C=O) groups is 1. The van der Waals surface area contributed by atoms with Gasteiger partial charge in [-0.25, -0.2) is 0 Å². The molecule has 1 unspecified atom stereocenters. The van der Waals surface area contributed by atoms with Crippen molar-refractivity contribution in [2.24, 2.45) is 0 Å². The fourth-order valence-corrected chi connectivity index (χ4v) is 3.23. The molecule has 3 rings (SSSR count). The Morgan fingerprint density at radius 3 is 3.14 bits per heavy atom. The number of hydrogen-bond donors (Lipinski definition) is 1. The zero-order chi connectivity index (χ0) is 14.7. The maximum atomic E-state index is 12.8. The molecule has 4 heteroatoms. The molecule has 21 heavy (non-hydrogen) atoms. The van der Waals surface area contributed by atoms with Crippen LogP contribution in [0.15, 0.2) is 18.2 Å². The summed E-state index contributed by atoms with van der Waals surface area (Å²) in [5.74, 6) is 1.09. The van der Waals surface area contributed by atoms with Gasteiger partial charge in [0.1, 0.15) is 5.75 Å². The van der Waals surface area contributed by atoms with E-state index in [1.807, 2.05) is 23.1 Å². The van der Waals surface area contributed by atoms with Gasteiger partial charge in [0.05, 0.1) is 6.61 Å². The lowest BCUT2D eigenvalue weighted by molar-refractivity contribution is 0.0742. The van der Waals surface area contributed by atoms with Crippen molar-refractivity contribution in [3.8, 4) is 5.75 Å². The van der Waals surface area contributed by atoms with E-state index < -0.39 is 0 Å². The van der Waals surface area contributed by atoms with E-state index in [9.17, 15) is 4.79 Å². The van der Waals surface area contributed by atoms with Gasteiger partial charge >= 0.3 is 0 Å². The van der Waals surface area contributed by atoms with E-state index in [-0.39, 0.29) is 5.91 Å². The van der Waals surface area contributed by atoms with Crippen LogP contribution in [0.5, 0.6) is 5.75 Å². The smallest absolute Gasteiger partial charge is 0.253 e. The van der Waals surface area contributed by atoms with Crippen LogP contribution in [0.1, 0.15) is 42.1 Å². The van der Waals surface area contributed by atoms with E-state index >= 15 is 0 Å². The Bertz CT molecular complexity index is 510. The average Bonchev–Trinajstić information content (AvgIpc) is 3.16. The van der Waals surface area contributed by atoms with Gasteiger partial charge in [-0.1, -0.05) is 6.92 Å². The number of hydrogen-bond acceptors (Lipinski definition) is 3. The summed E-state index contributed by atoms with van der Waals surface area (Å²) in [4.78, 5) is 14.8.